The van der Waals surface area contributed by atoms with Crippen molar-refractivity contribution in [3.05, 3.63) is 11.8 Å². The Kier molecular flexibility index (Phi) is 4.44. The summed E-state index contributed by atoms with van der Waals surface area (Å²) < 4.78 is 11.6. The topological polar surface area (TPSA) is 51.4 Å². The Bertz CT molecular complexity index is 478. The van der Waals surface area contributed by atoms with E-state index in [4.69, 9.17) is 9.15 Å². The van der Waals surface area contributed by atoms with Crippen molar-refractivity contribution < 1.29 is 9.15 Å². The maximum atomic E-state index is 6.13. The van der Waals surface area contributed by atoms with Crippen LogP contribution in [0.1, 0.15) is 81.5 Å². The van der Waals surface area contributed by atoms with Crippen molar-refractivity contribution in [1.29, 1.82) is 0 Å². The number of hydrogen-bond donors (Lipinski definition) is 0. The van der Waals surface area contributed by atoms with Gasteiger partial charge in [0.25, 0.3) is 0 Å². The Morgan fingerprint density at radius 2 is 1.55 bits per heavy atom. The summed E-state index contributed by atoms with van der Waals surface area (Å²) in [6.07, 6.45) is 11.2. The maximum absolute atomic E-state index is 6.13. The van der Waals surface area contributed by atoms with Crippen molar-refractivity contribution in [2.45, 2.75) is 75.8 Å². The van der Waals surface area contributed by atoms with Crippen LogP contribution >= 0.6 is 0 Å². The van der Waals surface area contributed by atoms with Crippen LogP contribution in [0.2, 0.25) is 0 Å². The average Bonchev–Trinajstić information content (AvgIpc) is 3.28. The van der Waals surface area contributed by atoms with Crippen molar-refractivity contribution in [3.63, 3.8) is 0 Å². The predicted molar refractivity (Wildman–Crippen MR) is 82.6 cm³/mol. The van der Waals surface area contributed by atoms with Gasteiger partial charge in [-0.2, -0.15) is 0 Å². The zero-order chi connectivity index (χ0) is 14.8. The molecule has 2 saturated heterocycles. The molecular formula is C17H27N3O2. The number of hydrogen-bond acceptors (Lipinski definition) is 5. The highest BCUT2D eigenvalue weighted by Gasteiger charge is 2.35. The van der Waals surface area contributed by atoms with Gasteiger partial charge in [-0.15, -0.1) is 10.2 Å². The van der Waals surface area contributed by atoms with Gasteiger partial charge >= 0.3 is 0 Å². The number of nitrogens with zero attached hydrogens (tertiary/aromatic N) is 3. The first-order valence-electron chi connectivity index (χ1n) is 9.08. The molecule has 1 saturated carbocycles. The monoisotopic (exact) mass is 305 g/mol. The molecule has 0 aromatic carbocycles. The summed E-state index contributed by atoms with van der Waals surface area (Å²) in [6, 6.07) is 1.10. The second-order valence-electron chi connectivity index (χ2n) is 7.05. The van der Waals surface area contributed by atoms with Crippen LogP contribution in [-0.4, -0.2) is 40.9 Å². The van der Waals surface area contributed by atoms with Gasteiger partial charge in [0, 0.05) is 25.2 Å². The van der Waals surface area contributed by atoms with Gasteiger partial charge in [0.1, 0.15) is 0 Å². The van der Waals surface area contributed by atoms with E-state index in [1.54, 1.807) is 0 Å². The minimum Gasteiger partial charge on any atom is -0.423 e. The van der Waals surface area contributed by atoms with Gasteiger partial charge in [-0.05, 0) is 45.1 Å². The molecule has 5 heteroatoms. The van der Waals surface area contributed by atoms with E-state index in [9.17, 15) is 0 Å². The van der Waals surface area contributed by atoms with E-state index in [2.05, 4.69) is 15.1 Å². The summed E-state index contributed by atoms with van der Waals surface area (Å²) in [4.78, 5) is 2.66. The first kappa shape index (κ1) is 14.6. The Morgan fingerprint density at radius 1 is 0.818 bits per heavy atom. The van der Waals surface area contributed by atoms with Crippen LogP contribution in [0.4, 0.5) is 0 Å². The quantitative estimate of drug-likeness (QED) is 0.856. The van der Waals surface area contributed by atoms with E-state index in [-0.39, 0.29) is 0 Å². The lowest BCUT2D eigenvalue weighted by atomic mass is 9.99. The SMILES string of the molecule is C1CCC(N2CCCC[C@H]2c2nnc(C3CCOCC3)o2)C1. The van der Waals surface area contributed by atoms with Gasteiger partial charge in [0.15, 0.2) is 0 Å². The number of likely N-dealkylation sites (tertiary alicyclic amines) is 1. The number of rotatable bonds is 3. The van der Waals surface area contributed by atoms with Crippen molar-refractivity contribution in [1.82, 2.24) is 15.1 Å². The molecule has 0 spiro atoms. The lowest BCUT2D eigenvalue weighted by molar-refractivity contribution is 0.0696. The van der Waals surface area contributed by atoms with Crippen molar-refractivity contribution >= 4 is 0 Å². The van der Waals surface area contributed by atoms with E-state index in [1.165, 1.54) is 51.5 Å². The second-order valence-corrected chi connectivity index (χ2v) is 7.05. The van der Waals surface area contributed by atoms with Gasteiger partial charge in [0.05, 0.1) is 6.04 Å². The zero-order valence-corrected chi connectivity index (χ0v) is 13.4. The molecule has 0 unspecified atom stereocenters. The molecule has 0 N–H and O–H groups in total. The van der Waals surface area contributed by atoms with E-state index in [0.717, 1.165) is 43.9 Å². The standard InChI is InChI=1S/C17H27N3O2/c1-2-6-14(5-1)20-10-4-3-7-15(20)17-19-18-16(22-17)13-8-11-21-12-9-13/h13-15H,1-12H2/t15-/m0/s1. The van der Waals surface area contributed by atoms with Crippen LogP contribution in [-0.2, 0) is 4.74 Å². The summed E-state index contributed by atoms with van der Waals surface area (Å²) in [5, 5.41) is 8.81. The summed E-state index contributed by atoms with van der Waals surface area (Å²) in [5.41, 5.74) is 0. The van der Waals surface area contributed by atoms with Gasteiger partial charge in [-0.1, -0.05) is 19.3 Å². The number of piperidine rings is 1. The van der Waals surface area contributed by atoms with Crippen LogP contribution < -0.4 is 0 Å². The molecule has 0 amide bonds. The third-order valence-corrected chi connectivity index (χ3v) is 5.65. The highest BCUT2D eigenvalue weighted by molar-refractivity contribution is 4.99. The van der Waals surface area contributed by atoms with Crippen LogP contribution in [0.15, 0.2) is 4.42 Å². The zero-order valence-electron chi connectivity index (χ0n) is 13.4. The van der Waals surface area contributed by atoms with Crippen molar-refractivity contribution in [3.8, 4) is 0 Å². The summed E-state index contributed by atoms with van der Waals surface area (Å²) in [6.45, 7) is 2.84. The van der Waals surface area contributed by atoms with E-state index in [0.29, 0.717) is 12.0 Å². The van der Waals surface area contributed by atoms with Gasteiger partial charge in [0.2, 0.25) is 11.8 Å². The highest BCUT2D eigenvalue weighted by atomic mass is 16.5. The number of aromatic nitrogens is 2. The third-order valence-electron chi connectivity index (χ3n) is 5.65. The molecule has 3 heterocycles. The van der Waals surface area contributed by atoms with Crippen LogP contribution in [0.5, 0.6) is 0 Å². The van der Waals surface area contributed by atoms with Gasteiger partial charge < -0.3 is 9.15 Å². The number of ether oxygens (including phenoxy) is 1. The Hall–Kier alpha value is -0.940. The fourth-order valence-electron chi connectivity index (χ4n) is 4.38. The first-order valence-corrected chi connectivity index (χ1v) is 9.08. The molecule has 4 rings (SSSR count). The molecule has 3 aliphatic rings. The Balaban J connectivity index is 1.50. The smallest absolute Gasteiger partial charge is 0.233 e. The first-order chi connectivity index (χ1) is 10.9. The molecule has 22 heavy (non-hydrogen) atoms. The molecule has 1 aliphatic carbocycles. The van der Waals surface area contributed by atoms with E-state index < -0.39 is 0 Å². The fraction of sp³-hybridized carbons (Fsp3) is 0.882. The molecule has 0 radical (unpaired) electrons. The summed E-state index contributed by atoms with van der Waals surface area (Å²) >= 11 is 0. The molecule has 5 nitrogen and oxygen atoms in total. The largest absolute Gasteiger partial charge is 0.423 e. The molecule has 1 aromatic rings. The molecule has 1 aromatic heterocycles. The normalized spacial score (nSPS) is 29.2. The lowest BCUT2D eigenvalue weighted by Gasteiger charge is -2.38. The molecular weight excluding hydrogens is 278 g/mol. The minimum atomic E-state index is 0.359. The molecule has 122 valence electrons. The third kappa shape index (κ3) is 2.93. The Labute approximate surface area is 132 Å². The Morgan fingerprint density at radius 3 is 2.36 bits per heavy atom. The highest BCUT2D eigenvalue weighted by Crippen LogP contribution is 2.37. The average molecular weight is 305 g/mol. The van der Waals surface area contributed by atoms with Crippen LogP contribution in [0.3, 0.4) is 0 Å². The summed E-state index contributed by atoms with van der Waals surface area (Å²) in [7, 11) is 0. The van der Waals surface area contributed by atoms with Gasteiger partial charge in [-0.3, -0.25) is 4.90 Å². The van der Waals surface area contributed by atoms with E-state index in [1.807, 2.05) is 0 Å². The summed E-state index contributed by atoms with van der Waals surface area (Å²) in [5.74, 6) is 2.11. The maximum Gasteiger partial charge on any atom is 0.233 e. The van der Waals surface area contributed by atoms with Crippen LogP contribution in [0.25, 0.3) is 0 Å². The fourth-order valence-corrected chi connectivity index (χ4v) is 4.38. The van der Waals surface area contributed by atoms with Crippen molar-refractivity contribution in [2.75, 3.05) is 19.8 Å². The lowest BCUT2D eigenvalue weighted by Crippen LogP contribution is -2.40. The molecule has 2 aliphatic heterocycles. The predicted octanol–water partition coefficient (Wildman–Crippen LogP) is 3.43. The van der Waals surface area contributed by atoms with Crippen molar-refractivity contribution in [2.24, 2.45) is 0 Å². The molecule has 3 fully saturated rings. The van der Waals surface area contributed by atoms with Crippen LogP contribution in [0, 0.1) is 0 Å². The van der Waals surface area contributed by atoms with Gasteiger partial charge in [-0.25, -0.2) is 0 Å². The second kappa shape index (κ2) is 6.67. The molecule has 1 atom stereocenters. The minimum absolute atomic E-state index is 0.359. The van der Waals surface area contributed by atoms with E-state index >= 15 is 0 Å². The molecule has 0 bridgehead atoms.